The van der Waals surface area contributed by atoms with Crippen molar-refractivity contribution in [1.29, 1.82) is 0 Å². The first-order valence-electron chi connectivity index (χ1n) is 7.37. The third kappa shape index (κ3) is 1.85. The maximum Gasteiger partial charge on any atom is 0.221 e. The number of nitrogens with one attached hydrogen (secondary N) is 1. The fourth-order valence-electron chi connectivity index (χ4n) is 3.03. The Morgan fingerprint density at radius 1 is 1.25 bits per heavy atom. The average Bonchev–Trinajstić information content (AvgIpc) is 2.79. The second-order valence-electron chi connectivity index (χ2n) is 5.77. The van der Waals surface area contributed by atoms with Crippen molar-refractivity contribution in [3.8, 4) is 0 Å². The summed E-state index contributed by atoms with van der Waals surface area (Å²) in [7, 11) is 0. The topological polar surface area (TPSA) is 68.8 Å². The fraction of sp³-hybridized carbons (Fsp3) is 0.467. The van der Waals surface area contributed by atoms with E-state index in [0.717, 1.165) is 30.4 Å². The zero-order valence-electron chi connectivity index (χ0n) is 11.4. The van der Waals surface area contributed by atoms with Gasteiger partial charge in [0, 0.05) is 18.2 Å². The highest BCUT2D eigenvalue weighted by atomic mass is 15.4. The van der Waals surface area contributed by atoms with Gasteiger partial charge in [-0.3, -0.25) is 0 Å². The Bertz CT molecular complexity index is 629. The van der Waals surface area contributed by atoms with Gasteiger partial charge < -0.3 is 11.1 Å². The minimum absolute atomic E-state index is 0.246. The molecule has 2 aromatic rings. The highest BCUT2D eigenvalue weighted by molar-refractivity contribution is 5.43. The van der Waals surface area contributed by atoms with E-state index in [9.17, 15) is 0 Å². The van der Waals surface area contributed by atoms with Crippen LogP contribution in [-0.2, 0) is 0 Å². The van der Waals surface area contributed by atoms with E-state index >= 15 is 0 Å². The summed E-state index contributed by atoms with van der Waals surface area (Å²) in [6.45, 7) is 0.933. The van der Waals surface area contributed by atoms with E-state index in [1.54, 1.807) is 0 Å². The molecule has 1 aliphatic carbocycles. The van der Waals surface area contributed by atoms with Crippen molar-refractivity contribution in [3.05, 3.63) is 35.7 Å². The first kappa shape index (κ1) is 11.8. The number of fused-ring (bicyclic) bond motifs is 1. The van der Waals surface area contributed by atoms with Crippen molar-refractivity contribution < 1.29 is 0 Å². The lowest BCUT2D eigenvalue weighted by Gasteiger charge is -2.25. The van der Waals surface area contributed by atoms with Gasteiger partial charge in [0.1, 0.15) is 0 Å². The van der Waals surface area contributed by atoms with Crippen LogP contribution >= 0.6 is 0 Å². The Labute approximate surface area is 118 Å². The molecule has 5 heteroatoms. The number of nitrogen functional groups attached to an aromatic ring is 1. The van der Waals surface area contributed by atoms with Crippen molar-refractivity contribution in [3.63, 3.8) is 0 Å². The van der Waals surface area contributed by atoms with Crippen molar-refractivity contribution in [2.45, 2.75) is 37.6 Å². The van der Waals surface area contributed by atoms with E-state index in [1.807, 2.05) is 22.9 Å². The summed E-state index contributed by atoms with van der Waals surface area (Å²) in [4.78, 5) is 4.68. The van der Waals surface area contributed by atoms with E-state index < -0.39 is 0 Å². The molecule has 3 N–H and O–H groups in total. The summed E-state index contributed by atoms with van der Waals surface area (Å²) in [5, 5.41) is 8.12. The van der Waals surface area contributed by atoms with Crippen molar-refractivity contribution in [1.82, 2.24) is 14.8 Å². The van der Waals surface area contributed by atoms with Gasteiger partial charge in [-0.25, -0.2) is 4.68 Å². The molecule has 1 saturated carbocycles. The number of hydrogen-bond donors (Lipinski definition) is 2. The van der Waals surface area contributed by atoms with Gasteiger partial charge in [-0.05, 0) is 37.0 Å². The van der Waals surface area contributed by atoms with Gasteiger partial charge in [0.05, 0.1) is 6.04 Å². The number of nitrogens with zero attached hydrogens (tertiary/aromatic N) is 3. The lowest BCUT2D eigenvalue weighted by Crippen LogP contribution is -2.24. The Balaban J connectivity index is 1.72. The first-order chi connectivity index (χ1) is 9.81. The smallest absolute Gasteiger partial charge is 0.221 e. The molecule has 0 bridgehead atoms. The van der Waals surface area contributed by atoms with E-state index in [1.165, 1.54) is 24.8 Å². The van der Waals surface area contributed by atoms with Crippen LogP contribution < -0.4 is 11.1 Å². The molecule has 1 aromatic carbocycles. The Hall–Kier alpha value is -2.04. The third-order valence-electron chi connectivity index (χ3n) is 4.41. The van der Waals surface area contributed by atoms with E-state index in [4.69, 9.17) is 10.8 Å². The highest BCUT2D eigenvalue weighted by Gasteiger charge is 2.29. The van der Waals surface area contributed by atoms with Crippen molar-refractivity contribution in [2.24, 2.45) is 0 Å². The van der Waals surface area contributed by atoms with Crippen LogP contribution in [0.2, 0.25) is 0 Å². The maximum absolute atomic E-state index is 5.91. The molecule has 20 heavy (non-hydrogen) atoms. The summed E-state index contributed by atoms with van der Waals surface area (Å²) in [5.41, 5.74) is 7.94. The molecular formula is C15H19N5. The lowest BCUT2D eigenvalue weighted by atomic mass is 9.85. The van der Waals surface area contributed by atoms with E-state index in [-0.39, 0.29) is 6.04 Å². The van der Waals surface area contributed by atoms with Gasteiger partial charge >= 0.3 is 0 Å². The van der Waals surface area contributed by atoms with Crippen LogP contribution in [0.15, 0.2) is 24.3 Å². The quantitative estimate of drug-likeness (QED) is 0.822. The van der Waals surface area contributed by atoms with Gasteiger partial charge in [0.25, 0.3) is 0 Å². The molecule has 1 fully saturated rings. The monoisotopic (exact) mass is 269 g/mol. The molecule has 4 rings (SSSR count). The summed E-state index contributed by atoms with van der Waals surface area (Å²) >= 11 is 0. The van der Waals surface area contributed by atoms with Crippen molar-refractivity contribution >= 4 is 11.6 Å². The van der Waals surface area contributed by atoms with Crippen molar-refractivity contribution in [2.75, 3.05) is 17.6 Å². The zero-order valence-corrected chi connectivity index (χ0v) is 11.4. The zero-order chi connectivity index (χ0) is 13.5. The van der Waals surface area contributed by atoms with Gasteiger partial charge in [-0.2, -0.15) is 10.1 Å². The molecule has 2 heterocycles. The molecule has 1 aromatic heterocycles. The SMILES string of the molecule is Nc1cccc(C2CCNc3nc(C4CCC4)nn32)c1. The van der Waals surface area contributed by atoms with E-state index in [0.29, 0.717) is 5.92 Å². The molecule has 0 saturated heterocycles. The largest absolute Gasteiger partial charge is 0.399 e. The Morgan fingerprint density at radius 3 is 2.90 bits per heavy atom. The molecule has 5 nitrogen and oxygen atoms in total. The van der Waals surface area contributed by atoms with Crippen LogP contribution in [0.1, 0.15) is 49.0 Å². The summed E-state index contributed by atoms with van der Waals surface area (Å²) in [6, 6.07) is 8.35. The van der Waals surface area contributed by atoms with Gasteiger partial charge in [-0.15, -0.1) is 0 Å². The lowest BCUT2D eigenvalue weighted by molar-refractivity contribution is 0.393. The van der Waals surface area contributed by atoms with Crippen LogP contribution in [0.3, 0.4) is 0 Å². The summed E-state index contributed by atoms with van der Waals surface area (Å²) in [5.74, 6) is 2.48. The van der Waals surface area contributed by atoms with Gasteiger partial charge in [0.2, 0.25) is 5.95 Å². The first-order valence-corrected chi connectivity index (χ1v) is 7.37. The minimum atomic E-state index is 0.246. The second-order valence-corrected chi connectivity index (χ2v) is 5.77. The molecule has 1 atom stereocenters. The normalized spacial score (nSPS) is 21.9. The van der Waals surface area contributed by atoms with Gasteiger partial charge in [-0.1, -0.05) is 18.6 Å². The van der Waals surface area contributed by atoms with Crippen LogP contribution in [-0.4, -0.2) is 21.3 Å². The standard InChI is InChI=1S/C15H19N5/c16-12-6-2-5-11(9-12)13-7-8-17-15-18-14(19-20(13)15)10-3-1-4-10/h2,5-6,9-10,13H,1,3-4,7-8,16H2,(H,17,18,19). The predicted molar refractivity (Wildman–Crippen MR) is 78.7 cm³/mol. The Kier molecular flexibility index (Phi) is 2.65. The van der Waals surface area contributed by atoms with Gasteiger partial charge in [0.15, 0.2) is 5.82 Å². The molecule has 1 unspecified atom stereocenters. The summed E-state index contributed by atoms with van der Waals surface area (Å²) in [6.07, 6.45) is 4.78. The molecule has 0 radical (unpaired) electrons. The molecule has 1 aliphatic heterocycles. The number of rotatable bonds is 2. The van der Waals surface area contributed by atoms with Crippen LogP contribution in [0.5, 0.6) is 0 Å². The van der Waals surface area contributed by atoms with Crippen LogP contribution in [0, 0.1) is 0 Å². The molecule has 104 valence electrons. The average molecular weight is 269 g/mol. The maximum atomic E-state index is 5.91. The number of hydrogen-bond acceptors (Lipinski definition) is 4. The summed E-state index contributed by atoms with van der Waals surface area (Å²) < 4.78 is 2.05. The highest BCUT2D eigenvalue weighted by Crippen LogP contribution is 2.37. The number of nitrogens with two attached hydrogens (primary N) is 1. The predicted octanol–water partition coefficient (Wildman–Crippen LogP) is 2.53. The van der Waals surface area contributed by atoms with E-state index in [2.05, 4.69) is 16.4 Å². The number of anilines is 2. The number of aromatic nitrogens is 3. The van der Waals surface area contributed by atoms with Crippen LogP contribution in [0.25, 0.3) is 0 Å². The van der Waals surface area contributed by atoms with Crippen LogP contribution in [0.4, 0.5) is 11.6 Å². The molecular weight excluding hydrogens is 250 g/mol. The molecule has 0 spiro atoms. The molecule has 0 amide bonds. The second kappa shape index (κ2) is 4.51. The number of benzene rings is 1. The fourth-order valence-corrected chi connectivity index (χ4v) is 3.03. The third-order valence-corrected chi connectivity index (χ3v) is 4.41. The Morgan fingerprint density at radius 2 is 2.15 bits per heavy atom. The molecule has 2 aliphatic rings. The minimum Gasteiger partial charge on any atom is -0.399 e.